The number of aliphatic hydroxyl groups excluding tert-OH is 1. The standard InChI is InChI=1S/C27H41N3O6S/c1-4-6-15-36-26(34)21-20-18-19(3)27(37-20)22(21)24(32)30(9-7-14-31)23(27)25(33)29(8-5-2)11-10-28-12-16-35-17-13-28/h4-5,19-23,31H,1-2,6-18H2,3H3/t19?,20-,21+,22-,23?,27?/m0/s1. The van der Waals surface area contributed by atoms with Crippen molar-refractivity contribution in [3.63, 3.8) is 0 Å². The van der Waals surface area contributed by atoms with Gasteiger partial charge in [0.2, 0.25) is 11.8 Å². The lowest BCUT2D eigenvalue weighted by molar-refractivity contribution is -0.154. The van der Waals surface area contributed by atoms with Gasteiger partial charge in [0, 0.05) is 51.1 Å². The summed E-state index contributed by atoms with van der Waals surface area (Å²) in [5.41, 5.74) is 0. The Morgan fingerprint density at radius 2 is 2.03 bits per heavy atom. The molecule has 0 aromatic heterocycles. The molecule has 4 aliphatic heterocycles. The molecule has 4 aliphatic rings. The molecule has 2 bridgehead atoms. The number of nitrogens with zero attached hydrogens (tertiary/aromatic N) is 3. The van der Waals surface area contributed by atoms with Gasteiger partial charge in [-0.1, -0.05) is 19.1 Å². The van der Waals surface area contributed by atoms with Crippen LogP contribution in [-0.2, 0) is 23.9 Å². The van der Waals surface area contributed by atoms with E-state index in [1.165, 1.54) is 0 Å². The highest BCUT2D eigenvalue weighted by atomic mass is 32.2. The molecule has 0 aliphatic carbocycles. The van der Waals surface area contributed by atoms with E-state index in [0.717, 1.165) is 26.1 Å². The molecule has 1 spiro atoms. The Labute approximate surface area is 224 Å². The van der Waals surface area contributed by atoms with Gasteiger partial charge >= 0.3 is 5.97 Å². The van der Waals surface area contributed by atoms with Crippen LogP contribution in [0.4, 0.5) is 0 Å². The Morgan fingerprint density at radius 3 is 2.70 bits per heavy atom. The van der Waals surface area contributed by atoms with Crippen LogP contribution in [0.1, 0.15) is 26.2 Å². The number of carbonyl (C=O) groups excluding carboxylic acids is 3. The maximum atomic E-state index is 14.3. The first-order valence-electron chi connectivity index (χ1n) is 13.5. The highest BCUT2D eigenvalue weighted by molar-refractivity contribution is 8.02. The minimum absolute atomic E-state index is 0.0447. The van der Waals surface area contributed by atoms with Gasteiger partial charge in [0.05, 0.1) is 36.4 Å². The number of esters is 1. The third kappa shape index (κ3) is 5.22. The molecule has 37 heavy (non-hydrogen) atoms. The highest BCUT2D eigenvalue weighted by Crippen LogP contribution is 2.68. The number of ether oxygens (including phenoxy) is 2. The first-order valence-corrected chi connectivity index (χ1v) is 14.3. The molecule has 4 fully saturated rings. The van der Waals surface area contributed by atoms with Crippen LogP contribution >= 0.6 is 11.8 Å². The zero-order chi connectivity index (χ0) is 26.6. The van der Waals surface area contributed by atoms with Crippen molar-refractivity contribution in [3.8, 4) is 0 Å². The van der Waals surface area contributed by atoms with Crippen molar-refractivity contribution in [1.82, 2.24) is 14.7 Å². The van der Waals surface area contributed by atoms with Gasteiger partial charge in [0.15, 0.2) is 0 Å². The fraction of sp³-hybridized carbons (Fsp3) is 0.741. The summed E-state index contributed by atoms with van der Waals surface area (Å²) in [4.78, 5) is 47.2. The number of fused-ring (bicyclic) bond motifs is 1. The summed E-state index contributed by atoms with van der Waals surface area (Å²) < 4.78 is 10.3. The molecule has 0 aromatic carbocycles. The number of rotatable bonds is 13. The molecule has 6 atom stereocenters. The Kier molecular flexibility index (Phi) is 9.37. The molecule has 0 aromatic rings. The zero-order valence-corrected chi connectivity index (χ0v) is 22.7. The number of morpholine rings is 1. The van der Waals surface area contributed by atoms with E-state index in [4.69, 9.17) is 9.47 Å². The van der Waals surface area contributed by atoms with E-state index in [1.54, 1.807) is 33.7 Å². The summed E-state index contributed by atoms with van der Waals surface area (Å²) in [7, 11) is 0. The van der Waals surface area contributed by atoms with Crippen molar-refractivity contribution in [2.45, 2.75) is 42.2 Å². The zero-order valence-electron chi connectivity index (χ0n) is 21.9. The van der Waals surface area contributed by atoms with E-state index in [-0.39, 0.29) is 48.7 Å². The molecule has 206 valence electrons. The fourth-order valence-electron chi connectivity index (χ4n) is 6.59. The van der Waals surface area contributed by atoms with Gasteiger partial charge in [-0.25, -0.2) is 0 Å². The average molecular weight is 536 g/mol. The third-order valence-electron chi connectivity index (χ3n) is 8.33. The first-order chi connectivity index (χ1) is 17.9. The van der Waals surface area contributed by atoms with E-state index >= 15 is 0 Å². The van der Waals surface area contributed by atoms with Crippen molar-refractivity contribution in [2.24, 2.45) is 17.8 Å². The van der Waals surface area contributed by atoms with E-state index < -0.39 is 22.6 Å². The molecule has 10 heteroatoms. The molecule has 4 heterocycles. The molecule has 4 saturated heterocycles. The topological polar surface area (TPSA) is 99.6 Å². The van der Waals surface area contributed by atoms with Crippen molar-refractivity contribution in [2.75, 3.05) is 65.7 Å². The summed E-state index contributed by atoms with van der Waals surface area (Å²) in [5.74, 6) is -1.68. The second-order valence-electron chi connectivity index (χ2n) is 10.4. The number of aliphatic hydroxyl groups is 1. The van der Waals surface area contributed by atoms with Gasteiger partial charge in [0.25, 0.3) is 0 Å². The van der Waals surface area contributed by atoms with Crippen LogP contribution in [0.5, 0.6) is 0 Å². The van der Waals surface area contributed by atoms with Gasteiger partial charge in [-0.05, 0) is 25.2 Å². The number of amides is 2. The van der Waals surface area contributed by atoms with Crippen LogP contribution in [-0.4, -0.2) is 119 Å². The van der Waals surface area contributed by atoms with Gasteiger partial charge < -0.3 is 24.4 Å². The van der Waals surface area contributed by atoms with Crippen molar-refractivity contribution < 1.29 is 29.0 Å². The lowest BCUT2D eigenvalue weighted by Crippen LogP contribution is -2.58. The Hall–Kier alpha value is -1.88. The SMILES string of the molecule is C=CCCOC(=O)[C@@H]1[C@@H]2CC(C)C3(S2)C(C(=O)N(CC=C)CCN2CCOCC2)N(CCCO)C(=O)[C@H]13. The highest BCUT2D eigenvalue weighted by Gasteiger charge is 2.76. The predicted octanol–water partition coefficient (Wildman–Crippen LogP) is 1.17. The number of thioether (sulfide) groups is 1. The van der Waals surface area contributed by atoms with Crippen molar-refractivity contribution in [1.29, 1.82) is 0 Å². The fourth-order valence-corrected chi connectivity index (χ4v) is 9.00. The number of carbonyl (C=O) groups is 3. The lowest BCUT2D eigenvalue weighted by atomic mass is 9.66. The minimum Gasteiger partial charge on any atom is -0.465 e. The number of likely N-dealkylation sites (tertiary alicyclic amines) is 1. The normalized spacial score (nSPS) is 32.9. The van der Waals surface area contributed by atoms with Crippen LogP contribution in [0.25, 0.3) is 0 Å². The Balaban J connectivity index is 1.62. The van der Waals surface area contributed by atoms with E-state index in [9.17, 15) is 19.5 Å². The third-order valence-corrected chi connectivity index (χ3v) is 10.4. The molecule has 3 unspecified atom stereocenters. The molecule has 2 amide bonds. The second kappa shape index (κ2) is 12.3. The molecule has 0 saturated carbocycles. The van der Waals surface area contributed by atoms with Gasteiger partial charge in [-0.15, -0.1) is 24.9 Å². The average Bonchev–Trinajstić information content (AvgIpc) is 3.49. The Bertz CT molecular complexity index is 880. The van der Waals surface area contributed by atoms with Crippen LogP contribution < -0.4 is 0 Å². The van der Waals surface area contributed by atoms with E-state index in [0.29, 0.717) is 39.1 Å². The van der Waals surface area contributed by atoms with Crippen LogP contribution in [0.3, 0.4) is 0 Å². The second-order valence-corrected chi connectivity index (χ2v) is 12.0. The minimum atomic E-state index is -0.686. The van der Waals surface area contributed by atoms with Gasteiger partial charge in [-0.2, -0.15) is 0 Å². The van der Waals surface area contributed by atoms with Gasteiger partial charge in [0.1, 0.15) is 6.04 Å². The van der Waals surface area contributed by atoms with Crippen molar-refractivity contribution in [3.05, 3.63) is 25.3 Å². The molecule has 0 radical (unpaired) electrons. The monoisotopic (exact) mass is 535 g/mol. The number of hydrogen-bond donors (Lipinski definition) is 1. The smallest absolute Gasteiger partial charge is 0.310 e. The van der Waals surface area contributed by atoms with Gasteiger partial charge in [-0.3, -0.25) is 19.3 Å². The lowest BCUT2D eigenvalue weighted by Gasteiger charge is -2.41. The summed E-state index contributed by atoms with van der Waals surface area (Å²) >= 11 is 1.65. The largest absolute Gasteiger partial charge is 0.465 e. The quantitative estimate of drug-likeness (QED) is 0.213. The predicted molar refractivity (Wildman–Crippen MR) is 142 cm³/mol. The maximum absolute atomic E-state index is 14.3. The molecular weight excluding hydrogens is 494 g/mol. The Morgan fingerprint density at radius 1 is 1.27 bits per heavy atom. The molecule has 1 N–H and O–H groups in total. The van der Waals surface area contributed by atoms with E-state index in [2.05, 4.69) is 25.0 Å². The summed E-state index contributed by atoms with van der Waals surface area (Å²) in [6.07, 6.45) is 5.13. The summed E-state index contributed by atoms with van der Waals surface area (Å²) in [6, 6.07) is -0.683. The summed E-state index contributed by atoms with van der Waals surface area (Å²) in [5, 5.41) is 9.51. The summed E-state index contributed by atoms with van der Waals surface area (Å²) in [6.45, 7) is 14.8. The number of hydrogen-bond acceptors (Lipinski definition) is 8. The molecule has 4 rings (SSSR count). The van der Waals surface area contributed by atoms with Crippen molar-refractivity contribution >= 4 is 29.5 Å². The maximum Gasteiger partial charge on any atom is 0.310 e. The molecular formula is C27H41N3O6S. The van der Waals surface area contributed by atoms with Crippen LogP contribution in [0.2, 0.25) is 0 Å². The van der Waals surface area contributed by atoms with Crippen LogP contribution in [0.15, 0.2) is 25.3 Å². The first kappa shape index (κ1) is 28.1. The molecule has 9 nitrogen and oxygen atoms in total. The van der Waals surface area contributed by atoms with Crippen LogP contribution in [0, 0.1) is 17.8 Å². The van der Waals surface area contributed by atoms with E-state index in [1.807, 2.05) is 0 Å².